The van der Waals surface area contributed by atoms with Crippen molar-refractivity contribution in [2.75, 3.05) is 12.8 Å². The fourth-order valence-electron chi connectivity index (χ4n) is 1.42. The van der Waals surface area contributed by atoms with Gasteiger partial charge in [-0.3, -0.25) is 0 Å². The van der Waals surface area contributed by atoms with Crippen molar-refractivity contribution in [3.63, 3.8) is 0 Å². The van der Waals surface area contributed by atoms with Crippen molar-refractivity contribution in [2.45, 2.75) is 6.92 Å². The van der Waals surface area contributed by atoms with Crippen LogP contribution < -0.4 is 10.5 Å². The first-order chi connectivity index (χ1) is 7.70. The van der Waals surface area contributed by atoms with Gasteiger partial charge in [-0.25, -0.2) is 15.0 Å². The van der Waals surface area contributed by atoms with Crippen LogP contribution in [0.25, 0.3) is 11.3 Å². The van der Waals surface area contributed by atoms with E-state index in [2.05, 4.69) is 15.0 Å². The molecule has 0 aliphatic heterocycles. The van der Waals surface area contributed by atoms with E-state index >= 15 is 0 Å². The molecule has 0 saturated heterocycles. The predicted molar refractivity (Wildman–Crippen MR) is 61.0 cm³/mol. The van der Waals surface area contributed by atoms with E-state index in [-0.39, 0.29) is 5.95 Å². The fraction of sp³-hybridized carbons (Fsp3) is 0.182. The Morgan fingerprint density at radius 2 is 2.12 bits per heavy atom. The molecule has 82 valence electrons. The molecule has 16 heavy (non-hydrogen) atoms. The number of aromatic nitrogens is 3. The highest BCUT2D eigenvalue weighted by Gasteiger charge is 2.06. The Balaban J connectivity index is 2.53. The minimum atomic E-state index is 0.261. The van der Waals surface area contributed by atoms with Gasteiger partial charge in [-0.2, -0.15) is 0 Å². The Morgan fingerprint density at radius 3 is 2.88 bits per heavy atom. The van der Waals surface area contributed by atoms with Crippen molar-refractivity contribution in [2.24, 2.45) is 0 Å². The Kier molecular flexibility index (Phi) is 2.68. The number of ether oxygens (including phenoxy) is 1. The maximum absolute atomic E-state index is 5.57. The molecular weight excluding hydrogens is 204 g/mol. The van der Waals surface area contributed by atoms with Crippen LogP contribution in [0.4, 0.5) is 5.95 Å². The summed E-state index contributed by atoms with van der Waals surface area (Å²) < 4.78 is 5.06. The van der Waals surface area contributed by atoms with Crippen LogP contribution in [0.15, 0.2) is 24.5 Å². The SMILES string of the molecule is COc1cc(-c2nc(N)ncc2C)ccn1. The van der Waals surface area contributed by atoms with Crippen LogP contribution >= 0.6 is 0 Å². The third kappa shape index (κ3) is 1.93. The number of nitrogens with two attached hydrogens (primary N) is 1. The summed E-state index contributed by atoms with van der Waals surface area (Å²) in [7, 11) is 1.58. The number of hydrogen-bond donors (Lipinski definition) is 1. The van der Waals surface area contributed by atoms with Gasteiger partial charge in [-0.1, -0.05) is 0 Å². The van der Waals surface area contributed by atoms with Gasteiger partial charge in [0, 0.05) is 24.0 Å². The number of nitrogens with zero attached hydrogens (tertiary/aromatic N) is 3. The van der Waals surface area contributed by atoms with E-state index in [0.717, 1.165) is 16.8 Å². The Hall–Kier alpha value is -2.17. The molecule has 0 saturated carbocycles. The molecule has 2 heterocycles. The number of anilines is 1. The van der Waals surface area contributed by atoms with Crippen molar-refractivity contribution < 1.29 is 4.74 Å². The van der Waals surface area contributed by atoms with Crippen molar-refractivity contribution in [3.05, 3.63) is 30.1 Å². The molecule has 2 rings (SSSR count). The molecule has 0 atom stereocenters. The maximum atomic E-state index is 5.57. The summed E-state index contributed by atoms with van der Waals surface area (Å²) in [6.07, 6.45) is 3.37. The summed E-state index contributed by atoms with van der Waals surface area (Å²) in [6, 6.07) is 3.67. The molecule has 2 aromatic heterocycles. The van der Waals surface area contributed by atoms with Gasteiger partial charge in [0.25, 0.3) is 0 Å². The number of pyridine rings is 1. The second-order valence-electron chi connectivity index (χ2n) is 3.35. The molecule has 0 aromatic carbocycles. The zero-order valence-corrected chi connectivity index (χ0v) is 9.14. The topological polar surface area (TPSA) is 73.9 Å². The van der Waals surface area contributed by atoms with Gasteiger partial charge in [0.2, 0.25) is 11.8 Å². The fourth-order valence-corrected chi connectivity index (χ4v) is 1.42. The molecule has 5 nitrogen and oxygen atoms in total. The highest BCUT2D eigenvalue weighted by Crippen LogP contribution is 2.23. The third-order valence-electron chi connectivity index (χ3n) is 2.21. The summed E-state index contributed by atoms with van der Waals surface area (Å²) in [6.45, 7) is 1.93. The van der Waals surface area contributed by atoms with E-state index in [4.69, 9.17) is 10.5 Å². The standard InChI is InChI=1S/C11H12N4O/c1-7-6-14-11(12)15-10(7)8-3-4-13-9(5-8)16-2/h3-6H,1-2H3,(H2,12,14,15). The van der Waals surface area contributed by atoms with Crippen LogP contribution in [-0.2, 0) is 0 Å². The number of rotatable bonds is 2. The monoisotopic (exact) mass is 216 g/mol. The first-order valence-electron chi connectivity index (χ1n) is 4.80. The number of hydrogen-bond acceptors (Lipinski definition) is 5. The quantitative estimate of drug-likeness (QED) is 0.822. The molecular formula is C11H12N4O. The molecule has 0 bridgehead atoms. The average molecular weight is 216 g/mol. The van der Waals surface area contributed by atoms with E-state index < -0.39 is 0 Å². The van der Waals surface area contributed by atoms with Crippen molar-refractivity contribution in [3.8, 4) is 17.1 Å². The first kappa shape index (κ1) is 10.4. The summed E-state index contributed by atoms with van der Waals surface area (Å²) >= 11 is 0. The van der Waals surface area contributed by atoms with Crippen molar-refractivity contribution >= 4 is 5.95 Å². The molecule has 0 aliphatic rings. The van der Waals surface area contributed by atoms with Crippen LogP contribution in [0.2, 0.25) is 0 Å². The van der Waals surface area contributed by atoms with Gasteiger partial charge in [0.05, 0.1) is 12.8 Å². The summed E-state index contributed by atoms with van der Waals surface area (Å²) in [5, 5.41) is 0. The number of nitrogen functional groups attached to an aromatic ring is 1. The van der Waals surface area contributed by atoms with Crippen LogP contribution in [0.5, 0.6) is 5.88 Å². The number of methoxy groups -OCH3 is 1. The van der Waals surface area contributed by atoms with E-state index in [1.165, 1.54) is 0 Å². The highest BCUT2D eigenvalue weighted by molar-refractivity contribution is 5.64. The normalized spacial score (nSPS) is 10.1. The average Bonchev–Trinajstić information content (AvgIpc) is 2.32. The van der Waals surface area contributed by atoms with Crippen molar-refractivity contribution in [1.29, 1.82) is 0 Å². The van der Waals surface area contributed by atoms with E-state index in [0.29, 0.717) is 5.88 Å². The first-order valence-corrected chi connectivity index (χ1v) is 4.80. The Labute approximate surface area is 93.3 Å². The van der Waals surface area contributed by atoms with E-state index in [1.807, 2.05) is 19.1 Å². The summed E-state index contributed by atoms with van der Waals surface area (Å²) in [5.74, 6) is 0.811. The molecule has 0 amide bonds. The number of aryl methyl sites for hydroxylation is 1. The lowest BCUT2D eigenvalue weighted by Crippen LogP contribution is -1.98. The molecule has 2 N–H and O–H groups in total. The second kappa shape index (κ2) is 4.14. The van der Waals surface area contributed by atoms with Crippen LogP contribution in [0.3, 0.4) is 0 Å². The zero-order valence-electron chi connectivity index (χ0n) is 9.14. The minimum absolute atomic E-state index is 0.261. The molecule has 0 unspecified atom stereocenters. The molecule has 5 heteroatoms. The third-order valence-corrected chi connectivity index (χ3v) is 2.21. The second-order valence-corrected chi connectivity index (χ2v) is 3.35. The lowest BCUT2D eigenvalue weighted by atomic mass is 10.1. The van der Waals surface area contributed by atoms with Gasteiger partial charge < -0.3 is 10.5 Å². The molecule has 0 aliphatic carbocycles. The molecule has 0 fully saturated rings. The largest absolute Gasteiger partial charge is 0.481 e. The van der Waals surface area contributed by atoms with Gasteiger partial charge in [0.1, 0.15) is 0 Å². The summed E-state index contributed by atoms with van der Waals surface area (Å²) in [5.41, 5.74) is 8.24. The molecule has 2 aromatic rings. The van der Waals surface area contributed by atoms with Gasteiger partial charge in [-0.15, -0.1) is 0 Å². The van der Waals surface area contributed by atoms with E-state index in [9.17, 15) is 0 Å². The molecule has 0 spiro atoms. The Bertz CT molecular complexity index is 513. The maximum Gasteiger partial charge on any atom is 0.220 e. The van der Waals surface area contributed by atoms with Crippen LogP contribution in [0.1, 0.15) is 5.56 Å². The van der Waals surface area contributed by atoms with Gasteiger partial charge in [-0.05, 0) is 18.6 Å². The Morgan fingerprint density at radius 1 is 1.31 bits per heavy atom. The van der Waals surface area contributed by atoms with Crippen LogP contribution in [-0.4, -0.2) is 22.1 Å². The minimum Gasteiger partial charge on any atom is -0.481 e. The van der Waals surface area contributed by atoms with E-state index in [1.54, 1.807) is 19.5 Å². The molecule has 0 radical (unpaired) electrons. The zero-order chi connectivity index (χ0) is 11.5. The van der Waals surface area contributed by atoms with Gasteiger partial charge >= 0.3 is 0 Å². The highest BCUT2D eigenvalue weighted by atomic mass is 16.5. The van der Waals surface area contributed by atoms with Gasteiger partial charge in [0.15, 0.2) is 0 Å². The van der Waals surface area contributed by atoms with Crippen molar-refractivity contribution in [1.82, 2.24) is 15.0 Å². The smallest absolute Gasteiger partial charge is 0.220 e. The lowest BCUT2D eigenvalue weighted by Gasteiger charge is -2.06. The lowest BCUT2D eigenvalue weighted by molar-refractivity contribution is 0.398. The van der Waals surface area contributed by atoms with Crippen LogP contribution in [0, 0.1) is 6.92 Å². The summed E-state index contributed by atoms with van der Waals surface area (Å²) in [4.78, 5) is 12.2. The predicted octanol–water partition coefficient (Wildman–Crippen LogP) is 1.44.